The maximum atomic E-state index is 9.05. The molecule has 2 rings (SSSR count). The Hall–Kier alpha value is -0.600. The molecule has 1 N–H and O–H groups in total. The number of rotatable bonds is 0. The van der Waals surface area contributed by atoms with Crippen molar-refractivity contribution >= 4 is 46.4 Å². The van der Waals surface area contributed by atoms with Crippen molar-refractivity contribution in [1.82, 2.24) is 0 Å². The molecule has 0 spiro atoms. The molecule has 0 saturated carbocycles. The third-order valence-electron chi connectivity index (χ3n) is 2.02. The summed E-state index contributed by atoms with van der Waals surface area (Å²) < 4.78 is 0. The molecule has 0 saturated heterocycles. The molecule has 0 radical (unpaired) electrons. The summed E-state index contributed by atoms with van der Waals surface area (Å²) in [6.07, 6.45) is 0. The molecule has 0 amide bonds. The second kappa shape index (κ2) is 7.10. The van der Waals surface area contributed by atoms with Gasteiger partial charge in [0.25, 0.3) is 0 Å². The smallest absolute Gasteiger partial charge is 0.137 e. The van der Waals surface area contributed by atoms with Gasteiger partial charge in [-0.25, -0.2) is 0 Å². The lowest BCUT2D eigenvalue weighted by Gasteiger charge is -2.02. The fourth-order valence-electron chi connectivity index (χ4n) is 1.09. The second-order valence-corrected chi connectivity index (χ2v) is 5.02. The van der Waals surface area contributed by atoms with E-state index in [9.17, 15) is 0 Å². The Morgan fingerprint density at radius 3 is 1.83 bits per heavy atom. The molecule has 0 aliphatic rings. The first-order chi connectivity index (χ1) is 8.43. The third kappa shape index (κ3) is 4.25. The Morgan fingerprint density at radius 1 is 0.833 bits per heavy atom. The van der Waals surface area contributed by atoms with Crippen molar-refractivity contribution in [3.8, 4) is 5.75 Å². The molecule has 0 unspecified atom stereocenters. The number of phenols is 1. The lowest BCUT2D eigenvalue weighted by atomic mass is 10.2. The van der Waals surface area contributed by atoms with E-state index in [0.717, 1.165) is 0 Å². The fourth-order valence-corrected chi connectivity index (χ4v) is 1.89. The van der Waals surface area contributed by atoms with Crippen LogP contribution in [0.4, 0.5) is 0 Å². The molecule has 0 aromatic heterocycles. The lowest BCUT2D eigenvalue weighted by Crippen LogP contribution is -1.75. The zero-order valence-electron chi connectivity index (χ0n) is 9.42. The van der Waals surface area contributed by atoms with Crippen LogP contribution in [-0.2, 0) is 0 Å². The van der Waals surface area contributed by atoms with Crippen LogP contribution in [0.3, 0.4) is 0 Å². The van der Waals surface area contributed by atoms with Crippen LogP contribution in [0, 0.1) is 6.92 Å². The number of benzene rings is 2. The highest BCUT2D eigenvalue weighted by molar-refractivity contribution is 6.52. The Kier molecular flexibility index (Phi) is 6.10. The van der Waals surface area contributed by atoms with Crippen molar-refractivity contribution in [2.75, 3.05) is 0 Å². The van der Waals surface area contributed by atoms with Crippen LogP contribution in [0.25, 0.3) is 0 Å². The van der Waals surface area contributed by atoms with E-state index in [0.29, 0.717) is 0 Å². The maximum absolute atomic E-state index is 9.05. The van der Waals surface area contributed by atoms with Gasteiger partial charge in [-0.1, -0.05) is 82.3 Å². The van der Waals surface area contributed by atoms with E-state index in [-0.39, 0.29) is 25.8 Å². The monoisotopic (exact) mass is 322 g/mol. The molecule has 0 atom stereocenters. The molecular weight excluding hydrogens is 314 g/mol. The van der Waals surface area contributed by atoms with Crippen molar-refractivity contribution in [2.24, 2.45) is 0 Å². The summed E-state index contributed by atoms with van der Waals surface area (Å²) in [5.74, 6) is -0.175. The van der Waals surface area contributed by atoms with Gasteiger partial charge in [-0.3, -0.25) is 0 Å². The number of phenolic OH excluding ortho intramolecular Hbond substituents is 1. The predicted molar refractivity (Wildman–Crippen MR) is 79.3 cm³/mol. The third-order valence-corrected chi connectivity index (χ3v) is 3.77. The van der Waals surface area contributed by atoms with Gasteiger partial charge in [0.15, 0.2) is 0 Å². The molecular formula is C13H10Cl4O. The van der Waals surface area contributed by atoms with Crippen molar-refractivity contribution < 1.29 is 5.11 Å². The van der Waals surface area contributed by atoms with Crippen molar-refractivity contribution in [3.05, 3.63) is 62.1 Å². The Balaban J connectivity index is 0.000000199. The quantitative estimate of drug-likeness (QED) is 0.465. The van der Waals surface area contributed by atoms with Crippen molar-refractivity contribution in [1.29, 1.82) is 0 Å². The molecule has 0 bridgehead atoms. The Bertz CT molecular complexity index is 500. The highest BCUT2D eigenvalue weighted by Crippen LogP contribution is 2.41. The molecule has 2 aromatic rings. The second-order valence-electron chi connectivity index (χ2n) is 3.47. The van der Waals surface area contributed by atoms with E-state index >= 15 is 0 Å². The van der Waals surface area contributed by atoms with E-state index < -0.39 is 0 Å². The minimum absolute atomic E-state index is 0.0149. The van der Waals surface area contributed by atoms with E-state index in [4.69, 9.17) is 51.5 Å². The minimum Gasteiger partial charge on any atom is -0.506 e. The van der Waals surface area contributed by atoms with Crippen molar-refractivity contribution in [3.63, 3.8) is 0 Å². The molecule has 1 nitrogen and oxygen atoms in total. The number of aryl methyl sites for hydroxylation is 1. The van der Waals surface area contributed by atoms with Gasteiger partial charge >= 0.3 is 0 Å². The molecule has 18 heavy (non-hydrogen) atoms. The number of hydrogen-bond acceptors (Lipinski definition) is 1. The first-order valence-corrected chi connectivity index (χ1v) is 6.48. The van der Waals surface area contributed by atoms with Gasteiger partial charge in [-0.15, -0.1) is 0 Å². The van der Waals surface area contributed by atoms with Crippen molar-refractivity contribution in [2.45, 2.75) is 6.92 Å². The molecule has 0 heterocycles. The summed E-state index contributed by atoms with van der Waals surface area (Å²) in [5.41, 5.74) is 1.32. The maximum Gasteiger partial charge on any atom is 0.137 e. The Labute approximate surface area is 126 Å². The van der Waals surface area contributed by atoms with E-state index in [1.165, 1.54) is 11.6 Å². The van der Waals surface area contributed by atoms with Crippen LogP contribution in [-0.4, -0.2) is 5.11 Å². The zero-order chi connectivity index (χ0) is 13.7. The van der Waals surface area contributed by atoms with Gasteiger partial charge in [0, 0.05) is 6.07 Å². The normalized spacial score (nSPS) is 9.61. The van der Waals surface area contributed by atoms with Gasteiger partial charge in [-0.05, 0) is 6.92 Å². The van der Waals surface area contributed by atoms with E-state index in [1.807, 2.05) is 18.2 Å². The number of halogens is 4. The largest absolute Gasteiger partial charge is 0.506 e. The molecule has 2 aromatic carbocycles. The Morgan fingerprint density at radius 2 is 1.39 bits per heavy atom. The SMILES string of the molecule is Cc1ccccc1.Oc1cc(Cl)c(Cl)c(Cl)c1Cl. The summed E-state index contributed by atoms with van der Waals surface area (Å²) in [5, 5.41) is 9.46. The topological polar surface area (TPSA) is 20.2 Å². The summed E-state index contributed by atoms with van der Waals surface area (Å²) >= 11 is 22.3. The first kappa shape index (κ1) is 15.5. The van der Waals surface area contributed by atoms with Crippen LogP contribution >= 0.6 is 46.4 Å². The summed E-state index contributed by atoms with van der Waals surface area (Å²) in [4.78, 5) is 0. The lowest BCUT2D eigenvalue weighted by molar-refractivity contribution is 0.475. The summed E-state index contributed by atoms with van der Waals surface area (Å²) in [6, 6.07) is 11.5. The average molecular weight is 324 g/mol. The zero-order valence-corrected chi connectivity index (χ0v) is 12.4. The highest BCUT2D eigenvalue weighted by Gasteiger charge is 2.11. The number of aromatic hydroxyl groups is 1. The average Bonchev–Trinajstić information content (AvgIpc) is 2.36. The van der Waals surface area contributed by atoms with Gasteiger partial charge in [0.05, 0.1) is 15.1 Å². The van der Waals surface area contributed by atoms with Crippen LogP contribution in [0.5, 0.6) is 5.75 Å². The van der Waals surface area contributed by atoms with Gasteiger partial charge in [0.2, 0.25) is 0 Å². The molecule has 96 valence electrons. The first-order valence-electron chi connectivity index (χ1n) is 4.97. The highest BCUT2D eigenvalue weighted by atomic mass is 35.5. The van der Waals surface area contributed by atoms with Gasteiger partial charge in [0.1, 0.15) is 10.8 Å². The predicted octanol–water partition coefficient (Wildman–Crippen LogP) is 6.00. The van der Waals surface area contributed by atoms with E-state index in [1.54, 1.807) is 0 Å². The van der Waals surface area contributed by atoms with Crippen LogP contribution in [0.1, 0.15) is 5.56 Å². The van der Waals surface area contributed by atoms with E-state index in [2.05, 4.69) is 19.1 Å². The molecule has 5 heteroatoms. The van der Waals surface area contributed by atoms with Gasteiger partial charge < -0.3 is 5.11 Å². The minimum atomic E-state index is -0.175. The number of hydrogen-bond donors (Lipinski definition) is 1. The molecule has 0 aliphatic carbocycles. The molecule has 0 aliphatic heterocycles. The summed E-state index contributed by atoms with van der Waals surface area (Å²) in [7, 11) is 0. The standard InChI is InChI=1S/C7H8.C6H2Cl4O/c1-7-5-3-2-4-6-7;7-2-1-3(11)5(9)6(10)4(2)8/h2-6H,1H3;1,11H. The fraction of sp³-hybridized carbons (Fsp3) is 0.0769. The van der Waals surface area contributed by atoms with Crippen LogP contribution in [0.2, 0.25) is 20.1 Å². The van der Waals surface area contributed by atoms with Crippen LogP contribution in [0.15, 0.2) is 36.4 Å². The molecule has 0 fully saturated rings. The van der Waals surface area contributed by atoms with Gasteiger partial charge in [-0.2, -0.15) is 0 Å². The van der Waals surface area contributed by atoms with Crippen LogP contribution < -0.4 is 0 Å². The summed E-state index contributed by atoms with van der Waals surface area (Å²) in [6.45, 7) is 2.08.